The smallest absolute Gasteiger partial charge is 0.0594 e. The van der Waals surface area contributed by atoms with Crippen LogP contribution in [0.4, 0.5) is 0 Å². The van der Waals surface area contributed by atoms with E-state index in [9.17, 15) is 0 Å². The molecule has 0 aromatic rings. The summed E-state index contributed by atoms with van der Waals surface area (Å²) in [4.78, 5) is 5.23. The molecule has 1 aliphatic carbocycles. The first-order chi connectivity index (χ1) is 9.83. The molecule has 1 saturated carbocycles. The van der Waals surface area contributed by atoms with Gasteiger partial charge in [-0.2, -0.15) is 0 Å². The quantitative estimate of drug-likeness (QED) is 0.843. The van der Waals surface area contributed by atoms with Crippen LogP contribution in [0.2, 0.25) is 0 Å². The third-order valence-electron chi connectivity index (χ3n) is 5.53. The summed E-state index contributed by atoms with van der Waals surface area (Å²) in [5, 5.41) is 0. The Morgan fingerprint density at radius 1 is 1.00 bits per heavy atom. The van der Waals surface area contributed by atoms with E-state index in [4.69, 9.17) is 10.5 Å². The lowest BCUT2D eigenvalue weighted by Gasteiger charge is -2.33. The summed E-state index contributed by atoms with van der Waals surface area (Å²) in [5.74, 6) is 0.784. The van der Waals surface area contributed by atoms with Gasteiger partial charge in [-0.05, 0) is 31.7 Å². The number of nitrogens with two attached hydrogens (primary N) is 1. The summed E-state index contributed by atoms with van der Waals surface area (Å²) < 4.78 is 5.45. The molecule has 2 N–H and O–H groups in total. The van der Waals surface area contributed by atoms with Crippen molar-refractivity contribution < 1.29 is 4.74 Å². The summed E-state index contributed by atoms with van der Waals surface area (Å²) in [7, 11) is 0. The van der Waals surface area contributed by atoms with Crippen LogP contribution in [0.25, 0.3) is 0 Å². The predicted octanol–water partition coefficient (Wildman–Crippen LogP) is 1.30. The van der Waals surface area contributed by atoms with Crippen LogP contribution in [-0.2, 0) is 4.74 Å². The molecule has 0 amide bonds. The second-order valence-corrected chi connectivity index (χ2v) is 6.91. The first-order valence-corrected chi connectivity index (χ1v) is 8.62. The Morgan fingerprint density at radius 3 is 2.50 bits per heavy atom. The number of ether oxygens (including phenoxy) is 1. The van der Waals surface area contributed by atoms with Crippen molar-refractivity contribution >= 4 is 0 Å². The van der Waals surface area contributed by atoms with Crippen LogP contribution in [0, 0.1) is 5.92 Å². The number of morpholine rings is 1. The van der Waals surface area contributed by atoms with Crippen LogP contribution in [0.5, 0.6) is 0 Å². The van der Waals surface area contributed by atoms with E-state index in [-0.39, 0.29) is 0 Å². The van der Waals surface area contributed by atoms with Gasteiger partial charge < -0.3 is 15.4 Å². The molecule has 0 aromatic carbocycles. The molecule has 4 heteroatoms. The van der Waals surface area contributed by atoms with Crippen molar-refractivity contribution in [2.75, 3.05) is 45.9 Å². The Bertz CT molecular complexity index is 287. The summed E-state index contributed by atoms with van der Waals surface area (Å²) >= 11 is 0. The fraction of sp³-hybridized carbons (Fsp3) is 1.00. The van der Waals surface area contributed by atoms with Gasteiger partial charge in [-0.3, -0.25) is 4.90 Å². The fourth-order valence-corrected chi connectivity index (χ4v) is 4.23. The number of hydrogen-bond acceptors (Lipinski definition) is 4. The van der Waals surface area contributed by atoms with Gasteiger partial charge in [0.1, 0.15) is 0 Å². The van der Waals surface area contributed by atoms with Gasteiger partial charge in [-0.1, -0.05) is 19.3 Å². The third-order valence-corrected chi connectivity index (χ3v) is 5.53. The van der Waals surface area contributed by atoms with E-state index in [1.165, 1.54) is 51.6 Å². The molecular formula is C16H31N3O. The number of likely N-dealkylation sites (tertiary alicyclic amines) is 1. The lowest BCUT2D eigenvalue weighted by atomic mass is 9.84. The van der Waals surface area contributed by atoms with Crippen LogP contribution >= 0.6 is 0 Å². The van der Waals surface area contributed by atoms with E-state index in [0.717, 1.165) is 44.8 Å². The second kappa shape index (κ2) is 7.21. The van der Waals surface area contributed by atoms with E-state index in [1.807, 2.05) is 0 Å². The van der Waals surface area contributed by atoms with E-state index in [2.05, 4.69) is 9.80 Å². The van der Waals surface area contributed by atoms with Gasteiger partial charge in [0.2, 0.25) is 0 Å². The van der Waals surface area contributed by atoms with Crippen molar-refractivity contribution in [2.45, 2.75) is 50.6 Å². The van der Waals surface area contributed by atoms with Gasteiger partial charge >= 0.3 is 0 Å². The molecule has 2 heterocycles. The lowest BCUT2D eigenvalue weighted by molar-refractivity contribution is 0.0183. The van der Waals surface area contributed by atoms with Crippen LogP contribution < -0.4 is 5.73 Å². The van der Waals surface area contributed by atoms with Crippen molar-refractivity contribution in [3.05, 3.63) is 0 Å². The van der Waals surface area contributed by atoms with Gasteiger partial charge in [-0.15, -0.1) is 0 Å². The van der Waals surface area contributed by atoms with Crippen molar-refractivity contribution in [3.8, 4) is 0 Å². The maximum Gasteiger partial charge on any atom is 0.0594 e. The van der Waals surface area contributed by atoms with Crippen LogP contribution in [-0.4, -0.2) is 67.8 Å². The minimum absolute atomic E-state index is 0.402. The first-order valence-electron chi connectivity index (χ1n) is 8.62. The monoisotopic (exact) mass is 281 g/mol. The van der Waals surface area contributed by atoms with Crippen molar-refractivity contribution in [1.82, 2.24) is 9.80 Å². The average Bonchev–Trinajstić information content (AvgIpc) is 2.97. The Kier molecular flexibility index (Phi) is 5.32. The van der Waals surface area contributed by atoms with Gasteiger partial charge in [0.25, 0.3) is 0 Å². The fourth-order valence-electron chi connectivity index (χ4n) is 4.23. The van der Waals surface area contributed by atoms with Crippen LogP contribution in [0.3, 0.4) is 0 Å². The molecule has 2 atom stereocenters. The van der Waals surface area contributed by atoms with Crippen molar-refractivity contribution in [1.29, 1.82) is 0 Å². The Labute approximate surface area is 123 Å². The minimum atomic E-state index is 0.402. The minimum Gasteiger partial charge on any atom is -0.379 e. The molecule has 3 aliphatic rings. The summed E-state index contributed by atoms with van der Waals surface area (Å²) in [5.41, 5.74) is 6.48. The number of hydrogen-bond donors (Lipinski definition) is 1. The molecule has 2 unspecified atom stereocenters. The zero-order valence-electron chi connectivity index (χ0n) is 12.8. The molecule has 2 aliphatic heterocycles. The van der Waals surface area contributed by atoms with Gasteiger partial charge in [0.05, 0.1) is 13.2 Å². The van der Waals surface area contributed by atoms with Crippen molar-refractivity contribution in [2.24, 2.45) is 11.7 Å². The maximum absolute atomic E-state index is 6.48. The van der Waals surface area contributed by atoms with Gasteiger partial charge in [0.15, 0.2) is 0 Å². The molecule has 20 heavy (non-hydrogen) atoms. The van der Waals surface area contributed by atoms with E-state index in [0.29, 0.717) is 6.04 Å². The molecule has 3 rings (SSSR count). The summed E-state index contributed by atoms with van der Waals surface area (Å²) in [6.07, 6.45) is 8.26. The molecule has 116 valence electrons. The van der Waals surface area contributed by atoms with Gasteiger partial charge in [0, 0.05) is 38.3 Å². The molecular weight excluding hydrogens is 250 g/mol. The zero-order valence-corrected chi connectivity index (χ0v) is 12.8. The normalized spacial score (nSPS) is 32.5. The molecule has 3 fully saturated rings. The molecule has 2 saturated heterocycles. The summed E-state index contributed by atoms with van der Waals surface area (Å²) in [6.45, 7) is 7.64. The van der Waals surface area contributed by atoms with E-state index >= 15 is 0 Å². The van der Waals surface area contributed by atoms with E-state index in [1.54, 1.807) is 0 Å². The summed E-state index contributed by atoms with van der Waals surface area (Å²) in [6, 6.07) is 1.15. The highest BCUT2D eigenvalue weighted by molar-refractivity contribution is 4.87. The molecule has 0 radical (unpaired) electrons. The Balaban J connectivity index is 1.42. The van der Waals surface area contributed by atoms with Crippen molar-refractivity contribution in [3.63, 3.8) is 0 Å². The SMILES string of the molecule is NC(CN1CCC(N2CCOCC2)C1)C1CCCCC1. The van der Waals surface area contributed by atoms with E-state index < -0.39 is 0 Å². The molecule has 0 bridgehead atoms. The molecule has 4 nitrogen and oxygen atoms in total. The molecule has 0 aromatic heterocycles. The lowest BCUT2D eigenvalue weighted by Crippen LogP contribution is -2.46. The highest BCUT2D eigenvalue weighted by Crippen LogP contribution is 2.27. The highest BCUT2D eigenvalue weighted by Gasteiger charge is 2.30. The van der Waals surface area contributed by atoms with Crippen LogP contribution in [0.15, 0.2) is 0 Å². The Hall–Kier alpha value is -0.160. The Morgan fingerprint density at radius 2 is 1.75 bits per heavy atom. The topological polar surface area (TPSA) is 41.7 Å². The standard InChI is InChI=1S/C16H31N3O/c17-16(14-4-2-1-3-5-14)13-18-7-6-15(12-18)19-8-10-20-11-9-19/h14-16H,1-13,17H2. The molecule has 0 spiro atoms. The third kappa shape index (κ3) is 3.73. The second-order valence-electron chi connectivity index (χ2n) is 6.91. The predicted molar refractivity (Wildman–Crippen MR) is 81.8 cm³/mol. The zero-order chi connectivity index (χ0) is 13.8. The maximum atomic E-state index is 6.48. The highest BCUT2D eigenvalue weighted by atomic mass is 16.5. The number of nitrogens with zero attached hydrogens (tertiary/aromatic N) is 2. The van der Waals surface area contributed by atoms with Gasteiger partial charge in [-0.25, -0.2) is 0 Å². The first kappa shape index (κ1) is 14.8. The average molecular weight is 281 g/mol. The van der Waals surface area contributed by atoms with Crippen LogP contribution in [0.1, 0.15) is 38.5 Å². The largest absolute Gasteiger partial charge is 0.379 e. The number of rotatable bonds is 4.